The highest BCUT2D eigenvalue weighted by Crippen LogP contribution is 2.35. The molecule has 2 aromatic heterocycles. The summed E-state index contributed by atoms with van der Waals surface area (Å²) in [5.74, 6) is 0.736. The molecule has 1 N–H and O–H groups in total. The van der Waals surface area contributed by atoms with Gasteiger partial charge in [-0.25, -0.2) is 4.21 Å². The summed E-state index contributed by atoms with van der Waals surface area (Å²) < 4.78 is 23.2. The summed E-state index contributed by atoms with van der Waals surface area (Å²) in [6.07, 6.45) is 5.56. The largest absolute Gasteiger partial charge is 0.489 e. The second-order valence-corrected chi connectivity index (χ2v) is 9.37. The molecule has 1 atom stereocenters. The predicted molar refractivity (Wildman–Crippen MR) is 126 cm³/mol. The van der Waals surface area contributed by atoms with E-state index in [2.05, 4.69) is 15.8 Å². The number of pyridine rings is 1. The standard InChI is InChI=1S/C25H22N4O2S/c1-29-24-13-20(31-16-17-3-2-12-27-15-17)8-11-22(24)23(14-26)25(29)18-4-6-19(7-5-18)28-32(30)21-9-10-21/h2-8,11-13,15,21,28H,9-10,16H2,1H3. The Kier molecular flexibility index (Phi) is 5.38. The summed E-state index contributed by atoms with van der Waals surface area (Å²) in [5.41, 5.74) is 5.15. The second kappa shape index (κ2) is 8.48. The highest BCUT2D eigenvalue weighted by Gasteiger charge is 2.28. The maximum Gasteiger partial charge on any atom is 0.121 e. The van der Waals surface area contributed by atoms with Crippen molar-refractivity contribution in [2.45, 2.75) is 24.7 Å². The molecule has 1 aliphatic carbocycles. The van der Waals surface area contributed by atoms with E-state index in [4.69, 9.17) is 4.74 Å². The summed E-state index contributed by atoms with van der Waals surface area (Å²) in [6.45, 7) is 0.429. The summed E-state index contributed by atoms with van der Waals surface area (Å²) in [6, 6.07) is 19.8. The molecule has 160 valence electrons. The fraction of sp³-hybridized carbons (Fsp3) is 0.200. The van der Waals surface area contributed by atoms with E-state index in [1.165, 1.54) is 0 Å². The predicted octanol–water partition coefficient (Wildman–Crippen LogP) is 4.93. The van der Waals surface area contributed by atoms with Crippen LogP contribution in [0.1, 0.15) is 24.0 Å². The minimum atomic E-state index is -1.03. The van der Waals surface area contributed by atoms with Gasteiger partial charge in [-0.2, -0.15) is 5.26 Å². The zero-order chi connectivity index (χ0) is 22.1. The van der Waals surface area contributed by atoms with Gasteiger partial charge in [-0.1, -0.05) is 18.2 Å². The van der Waals surface area contributed by atoms with Crippen molar-refractivity contribution in [3.05, 3.63) is 78.1 Å². The van der Waals surface area contributed by atoms with Crippen LogP contribution in [0.5, 0.6) is 5.75 Å². The average Bonchev–Trinajstić information content (AvgIpc) is 3.64. The van der Waals surface area contributed by atoms with E-state index in [9.17, 15) is 9.47 Å². The number of nitrogens with zero attached hydrogens (tertiary/aromatic N) is 3. The number of aryl methyl sites for hydroxylation is 1. The van der Waals surface area contributed by atoms with Gasteiger partial charge < -0.3 is 14.0 Å². The van der Waals surface area contributed by atoms with Crippen molar-refractivity contribution in [1.82, 2.24) is 9.55 Å². The smallest absolute Gasteiger partial charge is 0.121 e. The number of rotatable bonds is 7. The lowest BCUT2D eigenvalue weighted by Gasteiger charge is -2.09. The number of ether oxygens (including phenoxy) is 1. The third kappa shape index (κ3) is 3.97. The highest BCUT2D eigenvalue weighted by atomic mass is 32.2. The van der Waals surface area contributed by atoms with Crippen LogP contribution in [-0.2, 0) is 24.6 Å². The van der Waals surface area contributed by atoms with Crippen LogP contribution >= 0.6 is 0 Å². The SMILES string of the molecule is Cn1c(-c2ccc(NS(=O)C3CC3)cc2)c(C#N)c2ccc(OCc3cccnc3)cc21. The van der Waals surface area contributed by atoms with Gasteiger partial charge in [0.25, 0.3) is 0 Å². The summed E-state index contributed by atoms with van der Waals surface area (Å²) in [4.78, 5) is 4.11. The quantitative estimate of drug-likeness (QED) is 0.440. The minimum absolute atomic E-state index is 0.271. The zero-order valence-corrected chi connectivity index (χ0v) is 18.4. The Bertz CT molecular complexity index is 1340. The maximum atomic E-state index is 12.1. The first-order chi connectivity index (χ1) is 15.6. The van der Waals surface area contributed by atoms with Gasteiger partial charge >= 0.3 is 0 Å². The van der Waals surface area contributed by atoms with Crippen molar-refractivity contribution >= 4 is 27.6 Å². The summed E-state index contributed by atoms with van der Waals surface area (Å²) in [5, 5.41) is 11.1. The Labute approximate surface area is 189 Å². The molecule has 4 aromatic rings. The van der Waals surface area contributed by atoms with Gasteiger partial charge in [0.15, 0.2) is 0 Å². The van der Waals surface area contributed by atoms with Crippen LogP contribution in [0, 0.1) is 11.3 Å². The molecular weight excluding hydrogens is 420 g/mol. The molecule has 1 saturated carbocycles. The number of nitriles is 1. The molecule has 5 rings (SSSR count). The van der Waals surface area contributed by atoms with Crippen molar-refractivity contribution in [3.8, 4) is 23.1 Å². The number of anilines is 1. The molecule has 0 spiro atoms. The Morgan fingerprint density at radius 1 is 1.22 bits per heavy atom. The van der Waals surface area contributed by atoms with Gasteiger partial charge in [-0.3, -0.25) is 4.98 Å². The molecule has 2 heterocycles. The molecule has 2 aromatic carbocycles. The van der Waals surface area contributed by atoms with E-state index in [1.807, 2.05) is 66.2 Å². The lowest BCUT2D eigenvalue weighted by atomic mass is 10.1. The van der Waals surface area contributed by atoms with Crippen molar-refractivity contribution in [3.63, 3.8) is 0 Å². The van der Waals surface area contributed by atoms with Gasteiger partial charge in [0.1, 0.15) is 29.4 Å². The first kappa shape index (κ1) is 20.3. The molecule has 7 heteroatoms. The molecule has 0 radical (unpaired) electrons. The van der Waals surface area contributed by atoms with Crippen LogP contribution in [0.2, 0.25) is 0 Å². The third-order valence-corrected chi connectivity index (χ3v) is 7.13. The average molecular weight is 443 g/mol. The first-order valence-electron chi connectivity index (χ1n) is 10.5. The molecule has 0 saturated heterocycles. The van der Waals surface area contributed by atoms with Crippen LogP contribution in [0.15, 0.2) is 67.0 Å². The van der Waals surface area contributed by atoms with Gasteiger partial charge in [-0.05, 0) is 48.7 Å². The summed E-state index contributed by atoms with van der Waals surface area (Å²) >= 11 is 0. The number of benzene rings is 2. The molecule has 0 aliphatic heterocycles. The number of hydrogen-bond donors (Lipinski definition) is 1. The Balaban J connectivity index is 1.44. The number of nitrogens with one attached hydrogen (secondary N) is 1. The lowest BCUT2D eigenvalue weighted by Crippen LogP contribution is -2.08. The highest BCUT2D eigenvalue weighted by molar-refractivity contribution is 7.87. The van der Waals surface area contributed by atoms with Gasteiger partial charge in [-0.15, -0.1) is 0 Å². The fourth-order valence-corrected chi connectivity index (χ4v) is 4.88. The van der Waals surface area contributed by atoms with Crippen molar-refractivity contribution in [2.75, 3.05) is 4.72 Å². The van der Waals surface area contributed by atoms with Gasteiger partial charge in [0.05, 0.1) is 22.0 Å². The van der Waals surface area contributed by atoms with Crippen molar-refractivity contribution in [2.24, 2.45) is 7.05 Å². The maximum absolute atomic E-state index is 12.1. The van der Waals surface area contributed by atoms with Crippen LogP contribution < -0.4 is 9.46 Å². The topological polar surface area (TPSA) is 79.9 Å². The molecule has 1 unspecified atom stereocenters. The number of aromatic nitrogens is 2. The number of hydrogen-bond acceptors (Lipinski definition) is 4. The molecule has 0 bridgehead atoms. The van der Waals surface area contributed by atoms with Crippen LogP contribution in [0.25, 0.3) is 22.2 Å². The zero-order valence-electron chi connectivity index (χ0n) is 17.6. The Hall–Kier alpha value is -3.63. The minimum Gasteiger partial charge on any atom is -0.489 e. The van der Waals surface area contributed by atoms with E-state index in [0.29, 0.717) is 12.2 Å². The Morgan fingerprint density at radius 2 is 2.03 bits per heavy atom. The molecule has 0 amide bonds. The van der Waals surface area contributed by atoms with E-state index < -0.39 is 11.0 Å². The Morgan fingerprint density at radius 3 is 2.72 bits per heavy atom. The number of fused-ring (bicyclic) bond motifs is 1. The van der Waals surface area contributed by atoms with Crippen LogP contribution in [0.3, 0.4) is 0 Å². The molecular formula is C25H22N4O2S. The fourth-order valence-electron chi connectivity index (χ4n) is 3.78. The first-order valence-corrected chi connectivity index (χ1v) is 11.7. The third-order valence-electron chi connectivity index (χ3n) is 5.62. The van der Waals surface area contributed by atoms with Crippen molar-refractivity contribution < 1.29 is 8.95 Å². The normalized spacial score (nSPS) is 14.1. The van der Waals surface area contributed by atoms with E-state index >= 15 is 0 Å². The van der Waals surface area contributed by atoms with Crippen LogP contribution in [-0.4, -0.2) is 19.0 Å². The molecule has 1 aliphatic rings. The van der Waals surface area contributed by atoms with E-state index in [0.717, 1.165) is 52.0 Å². The summed E-state index contributed by atoms with van der Waals surface area (Å²) in [7, 11) is 0.926. The van der Waals surface area contributed by atoms with Crippen molar-refractivity contribution in [1.29, 1.82) is 5.26 Å². The molecule has 1 fully saturated rings. The van der Waals surface area contributed by atoms with Crippen LogP contribution in [0.4, 0.5) is 5.69 Å². The van der Waals surface area contributed by atoms with Gasteiger partial charge in [0.2, 0.25) is 0 Å². The lowest BCUT2D eigenvalue weighted by molar-refractivity contribution is 0.306. The van der Waals surface area contributed by atoms with E-state index in [1.54, 1.807) is 12.4 Å². The molecule has 6 nitrogen and oxygen atoms in total. The molecule has 32 heavy (non-hydrogen) atoms. The van der Waals surface area contributed by atoms with Gasteiger partial charge in [0, 0.05) is 42.1 Å². The second-order valence-electron chi connectivity index (χ2n) is 7.90. The van der Waals surface area contributed by atoms with E-state index in [-0.39, 0.29) is 5.25 Å². The monoisotopic (exact) mass is 442 g/mol.